The molecule has 0 radical (unpaired) electrons. The van der Waals surface area contributed by atoms with E-state index in [2.05, 4.69) is 14.8 Å². The topological polar surface area (TPSA) is 50.9 Å². The van der Waals surface area contributed by atoms with Gasteiger partial charge in [-0.2, -0.15) is 5.10 Å². The molecule has 3 rings (SSSR count). The van der Waals surface area contributed by atoms with Crippen LogP contribution >= 0.6 is 0 Å². The van der Waals surface area contributed by atoms with Crippen LogP contribution in [0, 0.1) is 18.8 Å². The minimum Gasteiger partial charge on any atom is -0.396 e. The number of aromatic nitrogens is 3. The lowest BCUT2D eigenvalue weighted by Gasteiger charge is -2.18. The van der Waals surface area contributed by atoms with Gasteiger partial charge in [0.25, 0.3) is 0 Å². The Labute approximate surface area is 108 Å². The highest BCUT2D eigenvalue weighted by atomic mass is 16.3. The zero-order valence-electron chi connectivity index (χ0n) is 11.2. The zero-order chi connectivity index (χ0) is 12.5. The van der Waals surface area contributed by atoms with E-state index in [-0.39, 0.29) is 6.61 Å². The van der Waals surface area contributed by atoms with Crippen LogP contribution in [0.1, 0.15) is 56.1 Å². The van der Waals surface area contributed by atoms with E-state index in [1.165, 1.54) is 37.9 Å². The summed E-state index contributed by atoms with van der Waals surface area (Å²) in [6.07, 6.45) is 7.63. The molecule has 2 fully saturated rings. The first-order valence-corrected chi connectivity index (χ1v) is 7.32. The molecule has 0 unspecified atom stereocenters. The normalized spacial score (nSPS) is 30.9. The third-order valence-corrected chi connectivity index (χ3v) is 4.75. The van der Waals surface area contributed by atoms with Crippen molar-refractivity contribution in [2.24, 2.45) is 11.8 Å². The van der Waals surface area contributed by atoms with Gasteiger partial charge in [0.2, 0.25) is 0 Å². The first-order chi connectivity index (χ1) is 8.79. The molecule has 4 nitrogen and oxygen atoms in total. The highest BCUT2D eigenvalue weighted by molar-refractivity contribution is 5.08. The molecule has 1 N–H and O–H groups in total. The van der Waals surface area contributed by atoms with E-state index in [1.807, 2.05) is 6.92 Å². The minimum absolute atomic E-state index is 0.231. The summed E-state index contributed by atoms with van der Waals surface area (Å²) < 4.78 is 2.05. The molecule has 100 valence electrons. The van der Waals surface area contributed by atoms with Gasteiger partial charge < -0.3 is 5.11 Å². The van der Waals surface area contributed by atoms with Crippen LogP contribution in [0.3, 0.4) is 0 Å². The lowest BCUT2D eigenvalue weighted by Crippen LogP contribution is -2.15. The number of aliphatic hydroxyl groups is 1. The number of aliphatic hydroxyl groups excluding tert-OH is 1. The molecule has 2 aliphatic rings. The third-order valence-electron chi connectivity index (χ3n) is 4.75. The van der Waals surface area contributed by atoms with Crippen LogP contribution in [0.5, 0.6) is 0 Å². The molecule has 4 heteroatoms. The van der Waals surface area contributed by atoms with E-state index in [0.717, 1.165) is 30.6 Å². The minimum atomic E-state index is 0.231. The summed E-state index contributed by atoms with van der Waals surface area (Å²) in [6.45, 7) is 3.01. The molecule has 2 saturated carbocycles. The van der Waals surface area contributed by atoms with E-state index in [1.54, 1.807) is 0 Å². The summed E-state index contributed by atoms with van der Waals surface area (Å²) in [5.41, 5.74) is 0. The second-order valence-electron chi connectivity index (χ2n) is 5.86. The lowest BCUT2D eigenvalue weighted by molar-refractivity contribution is 0.274. The predicted octanol–water partition coefficient (Wildman–Crippen LogP) is 2.26. The van der Waals surface area contributed by atoms with Crippen LogP contribution in [0.25, 0.3) is 0 Å². The van der Waals surface area contributed by atoms with Gasteiger partial charge in [0, 0.05) is 19.1 Å². The maximum absolute atomic E-state index is 8.98. The van der Waals surface area contributed by atoms with Crippen LogP contribution in [0.15, 0.2) is 0 Å². The molecular formula is C14H23N3O. The van der Waals surface area contributed by atoms with Gasteiger partial charge in [0.15, 0.2) is 0 Å². The summed E-state index contributed by atoms with van der Waals surface area (Å²) in [7, 11) is 0. The highest BCUT2D eigenvalue weighted by Crippen LogP contribution is 2.51. The Balaban J connectivity index is 1.82. The summed E-state index contributed by atoms with van der Waals surface area (Å²) in [6, 6.07) is 0. The zero-order valence-corrected chi connectivity index (χ0v) is 11.2. The number of hydrogen-bond acceptors (Lipinski definition) is 3. The maximum atomic E-state index is 8.98. The maximum Gasteiger partial charge on any atom is 0.147 e. The fourth-order valence-corrected chi connectivity index (χ4v) is 4.01. The standard InChI is InChI=1S/C14H23N3O/c1-10-15-14(17(16-10)8-3-9-18)13-7-6-11-4-2-5-12(11)13/h11-13,18H,2-9H2,1H3/t11-,12-,13-/m0/s1. The quantitative estimate of drug-likeness (QED) is 0.890. The SMILES string of the molecule is Cc1nc([C@H]2CC[C@@H]3CCC[C@@H]32)n(CCCO)n1. The van der Waals surface area contributed by atoms with Gasteiger partial charge >= 0.3 is 0 Å². The molecule has 0 amide bonds. The van der Waals surface area contributed by atoms with Crippen molar-refractivity contribution in [3.63, 3.8) is 0 Å². The van der Waals surface area contributed by atoms with Gasteiger partial charge in [-0.05, 0) is 44.4 Å². The summed E-state index contributed by atoms with van der Waals surface area (Å²) in [4.78, 5) is 4.68. The van der Waals surface area contributed by atoms with Crippen molar-refractivity contribution in [2.45, 2.75) is 57.9 Å². The largest absolute Gasteiger partial charge is 0.396 e. The van der Waals surface area contributed by atoms with E-state index in [0.29, 0.717) is 5.92 Å². The van der Waals surface area contributed by atoms with Gasteiger partial charge in [0.05, 0.1) is 0 Å². The fraction of sp³-hybridized carbons (Fsp3) is 0.857. The fourth-order valence-electron chi connectivity index (χ4n) is 4.01. The number of fused-ring (bicyclic) bond motifs is 1. The average molecular weight is 249 g/mol. The molecule has 0 spiro atoms. The first-order valence-electron chi connectivity index (χ1n) is 7.32. The molecule has 0 bridgehead atoms. The van der Waals surface area contributed by atoms with Gasteiger partial charge in [0.1, 0.15) is 11.6 Å². The van der Waals surface area contributed by atoms with Gasteiger partial charge in [-0.1, -0.05) is 12.8 Å². The van der Waals surface area contributed by atoms with Crippen LogP contribution in [0.4, 0.5) is 0 Å². The Hall–Kier alpha value is -0.900. The van der Waals surface area contributed by atoms with Crippen molar-refractivity contribution in [3.8, 4) is 0 Å². The third kappa shape index (κ3) is 2.07. The smallest absolute Gasteiger partial charge is 0.147 e. The van der Waals surface area contributed by atoms with Crippen molar-refractivity contribution in [1.82, 2.24) is 14.8 Å². The van der Waals surface area contributed by atoms with E-state index in [9.17, 15) is 0 Å². The molecule has 1 aromatic rings. The van der Waals surface area contributed by atoms with Gasteiger partial charge in [-0.25, -0.2) is 9.67 Å². The van der Waals surface area contributed by atoms with Crippen molar-refractivity contribution in [3.05, 3.63) is 11.6 Å². The number of nitrogens with zero attached hydrogens (tertiary/aromatic N) is 3. The Morgan fingerprint density at radius 1 is 1.28 bits per heavy atom. The Morgan fingerprint density at radius 3 is 3.00 bits per heavy atom. The highest BCUT2D eigenvalue weighted by Gasteiger charge is 2.41. The van der Waals surface area contributed by atoms with Crippen molar-refractivity contribution in [2.75, 3.05) is 6.61 Å². The van der Waals surface area contributed by atoms with Gasteiger partial charge in [-0.15, -0.1) is 0 Å². The Kier molecular flexibility index (Phi) is 3.37. The molecule has 3 atom stereocenters. The number of hydrogen-bond donors (Lipinski definition) is 1. The summed E-state index contributed by atoms with van der Waals surface area (Å²) >= 11 is 0. The van der Waals surface area contributed by atoms with Crippen molar-refractivity contribution in [1.29, 1.82) is 0 Å². The van der Waals surface area contributed by atoms with Crippen molar-refractivity contribution < 1.29 is 5.11 Å². The molecule has 1 aromatic heterocycles. The monoisotopic (exact) mass is 249 g/mol. The van der Waals surface area contributed by atoms with Crippen LogP contribution < -0.4 is 0 Å². The van der Waals surface area contributed by atoms with Gasteiger partial charge in [-0.3, -0.25) is 0 Å². The van der Waals surface area contributed by atoms with Crippen LogP contribution in [0.2, 0.25) is 0 Å². The number of aryl methyl sites for hydroxylation is 2. The number of rotatable bonds is 4. The predicted molar refractivity (Wildman–Crippen MR) is 69.3 cm³/mol. The second-order valence-corrected chi connectivity index (χ2v) is 5.86. The Bertz CT molecular complexity index is 415. The molecule has 18 heavy (non-hydrogen) atoms. The van der Waals surface area contributed by atoms with E-state index < -0.39 is 0 Å². The van der Waals surface area contributed by atoms with Crippen LogP contribution in [-0.4, -0.2) is 26.5 Å². The molecule has 0 saturated heterocycles. The molecule has 0 aromatic carbocycles. The molecular weight excluding hydrogens is 226 g/mol. The van der Waals surface area contributed by atoms with E-state index in [4.69, 9.17) is 5.11 Å². The lowest BCUT2D eigenvalue weighted by atomic mass is 9.91. The van der Waals surface area contributed by atoms with Crippen molar-refractivity contribution >= 4 is 0 Å². The van der Waals surface area contributed by atoms with Crippen LogP contribution in [-0.2, 0) is 6.54 Å². The first kappa shape index (κ1) is 12.2. The summed E-state index contributed by atoms with van der Waals surface area (Å²) in [5, 5.41) is 13.5. The molecule has 1 heterocycles. The average Bonchev–Trinajstić information content (AvgIpc) is 3.00. The molecule has 0 aliphatic heterocycles. The summed E-state index contributed by atoms with van der Waals surface area (Å²) in [5.74, 6) is 4.48. The second kappa shape index (κ2) is 5.00. The molecule has 2 aliphatic carbocycles. The van der Waals surface area contributed by atoms with E-state index >= 15 is 0 Å². The Morgan fingerprint density at radius 2 is 2.17 bits per heavy atom.